The van der Waals surface area contributed by atoms with E-state index in [1.165, 1.54) is 23.5 Å². The van der Waals surface area contributed by atoms with Crippen LogP contribution in [0.5, 0.6) is 5.75 Å². The summed E-state index contributed by atoms with van der Waals surface area (Å²) in [7, 11) is 0. The third kappa shape index (κ3) is 4.86. The van der Waals surface area contributed by atoms with E-state index in [4.69, 9.17) is 16.3 Å². The summed E-state index contributed by atoms with van der Waals surface area (Å²) in [6, 6.07) is 11.8. The summed E-state index contributed by atoms with van der Waals surface area (Å²) in [5, 5.41) is 6.18. The lowest BCUT2D eigenvalue weighted by Gasteiger charge is -2.32. The van der Waals surface area contributed by atoms with Gasteiger partial charge in [-0.1, -0.05) is 11.6 Å². The van der Waals surface area contributed by atoms with E-state index in [9.17, 15) is 9.18 Å². The molecule has 1 amide bonds. The van der Waals surface area contributed by atoms with Crippen LogP contribution < -0.4 is 10.1 Å². The van der Waals surface area contributed by atoms with E-state index in [0.29, 0.717) is 41.8 Å². The van der Waals surface area contributed by atoms with Gasteiger partial charge in [-0.3, -0.25) is 4.79 Å². The number of hydrogen-bond donors (Lipinski definition) is 1. The molecule has 8 heteroatoms. The van der Waals surface area contributed by atoms with Crippen LogP contribution in [0.25, 0.3) is 0 Å². The first kappa shape index (κ1) is 19.7. The molecular weight excluding hydrogens is 413 g/mol. The van der Waals surface area contributed by atoms with Gasteiger partial charge in [-0.2, -0.15) is 0 Å². The number of thiazole rings is 1. The molecule has 4 rings (SSSR count). The lowest BCUT2D eigenvalue weighted by molar-refractivity contribution is 0.0591. The van der Waals surface area contributed by atoms with Crippen molar-refractivity contribution in [2.24, 2.45) is 0 Å². The summed E-state index contributed by atoms with van der Waals surface area (Å²) in [5.74, 6) is -0.0853. The number of carbonyl (C=O) groups is 1. The lowest BCUT2D eigenvalue weighted by atomic mass is 10.1. The number of piperidine rings is 1. The van der Waals surface area contributed by atoms with E-state index in [1.54, 1.807) is 29.3 Å². The number of carbonyl (C=O) groups excluding carboxylic acids is 1. The smallest absolute Gasteiger partial charge is 0.256 e. The maximum atomic E-state index is 14.5. The third-order valence-electron chi connectivity index (χ3n) is 4.73. The van der Waals surface area contributed by atoms with Crippen molar-refractivity contribution >= 4 is 39.7 Å². The molecule has 0 spiro atoms. The molecule has 1 N–H and O–H groups in total. The number of nitrogens with zero attached hydrogens (tertiary/aromatic N) is 2. The quantitative estimate of drug-likeness (QED) is 0.590. The molecule has 0 radical (unpaired) electrons. The Labute approximate surface area is 177 Å². The number of amides is 1. The van der Waals surface area contributed by atoms with Crippen molar-refractivity contribution in [2.75, 3.05) is 18.4 Å². The minimum atomic E-state index is -0.545. The maximum absolute atomic E-state index is 14.5. The van der Waals surface area contributed by atoms with Gasteiger partial charge in [-0.05, 0) is 42.5 Å². The Morgan fingerprint density at radius 2 is 1.97 bits per heavy atom. The third-order valence-corrected chi connectivity index (χ3v) is 5.67. The maximum Gasteiger partial charge on any atom is 0.256 e. The molecular formula is C21H19ClFN3O2S. The number of nitrogens with one attached hydrogen (secondary N) is 1. The fraction of sp³-hybridized carbons (Fsp3) is 0.238. The van der Waals surface area contributed by atoms with Crippen molar-refractivity contribution in [2.45, 2.75) is 18.9 Å². The van der Waals surface area contributed by atoms with Gasteiger partial charge in [0.25, 0.3) is 5.91 Å². The van der Waals surface area contributed by atoms with Crippen molar-refractivity contribution in [3.8, 4) is 5.75 Å². The Morgan fingerprint density at radius 1 is 1.21 bits per heavy atom. The van der Waals surface area contributed by atoms with Crippen LogP contribution in [0.3, 0.4) is 0 Å². The highest BCUT2D eigenvalue weighted by molar-refractivity contribution is 7.13. The molecule has 0 atom stereocenters. The van der Waals surface area contributed by atoms with Crippen LogP contribution in [0.15, 0.2) is 54.0 Å². The summed E-state index contributed by atoms with van der Waals surface area (Å²) < 4.78 is 20.5. The zero-order valence-electron chi connectivity index (χ0n) is 15.5. The molecule has 0 unspecified atom stereocenters. The first-order chi connectivity index (χ1) is 14.1. The Hall–Kier alpha value is -2.64. The molecule has 1 aliphatic rings. The van der Waals surface area contributed by atoms with E-state index in [-0.39, 0.29) is 17.6 Å². The average molecular weight is 432 g/mol. The van der Waals surface area contributed by atoms with Crippen molar-refractivity contribution in [3.63, 3.8) is 0 Å². The fourth-order valence-electron chi connectivity index (χ4n) is 3.23. The molecule has 0 saturated carbocycles. The van der Waals surface area contributed by atoms with Gasteiger partial charge in [0.2, 0.25) is 0 Å². The van der Waals surface area contributed by atoms with E-state index < -0.39 is 5.82 Å². The van der Waals surface area contributed by atoms with Crippen LogP contribution in [-0.4, -0.2) is 35.0 Å². The molecule has 3 aromatic rings. The molecule has 1 saturated heterocycles. The van der Waals surface area contributed by atoms with Crippen LogP contribution in [-0.2, 0) is 0 Å². The molecule has 29 heavy (non-hydrogen) atoms. The average Bonchev–Trinajstić information content (AvgIpc) is 3.23. The normalized spacial score (nSPS) is 14.6. The highest BCUT2D eigenvalue weighted by Gasteiger charge is 2.26. The standard InChI is InChI=1S/C21H19ClFN3O2S/c22-14-1-4-16(5-2-14)28-17-7-10-26(11-8-17)20(27)18-6-3-15(13-19(18)23)25-21-24-9-12-29-21/h1-6,9,12-13,17H,7-8,10-11H2,(H,24,25). The van der Waals surface area contributed by atoms with E-state index in [2.05, 4.69) is 10.3 Å². The van der Waals surface area contributed by atoms with Crippen LogP contribution in [0.4, 0.5) is 15.2 Å². The largest absolute Gasteiger partial charge is 0.490 e. The predicted molar refractivity (Wildman–Crippen MR) is 113 cm³/mol. The molecule has 0 aliphatic carbocycles. The minimum absolute atomic E-state index is 0.0231. The summed E-state index contributed by atoms with van der Waals surface area (Å²) in [6.45, 7) is 1.05. The molecule has 0 bridgehead atoms. The molecule has 2 heterocycles. The van der Waals surface area contributed by atoms with Crippen molar-refractivity contribution in [3.05, 3.63) is 70.4 Å². The van der Waals surface area contributed by atoms with Gasteiger partial charge in [0.1, 0.15) is 17.7 Å². The van der Waals surface area contributed by atoms with Gasteiger partial charge in [0.15, 0.2) is 5.13 Å². The van der Waals surface area contributed by atoms with Crippen molar-refractivity contribution in [1.29, 1.82) is 0 Å². The van der Waals surface area contributed by atoms with Crippen molar-refractivity contribution < 1.29 is 13.9 Å². The lowest BCUT2D eigenvalue weighted by Crippen LogP contribution is -2.42. The number of likely N-dealkylation sites (tertiary alicyclic amines) is 1. The van der Waals surface area contributed by atoms with E-state index in [1.807, 2.05) is 17.5 Å². The number of benzene rings is 2. The highest BCUT2D eigenvalue weighted by atomic mass is 35.5. The molecule has 5 nitrogen and oxygen atoms in total. The summed E-state index contributed by atoms with van der Waals surface area (Å²) in [5.41, 5.74) is 0.635. The van der Waals surface area contributed by atoms with Gasteiger partial charge < -0.3 is 15.0 Å². The van der Waals surface area contributed by atoms with E-state index in [0.717, 1.165) is 5.75 Å². The van der Waals surface area contributed by atoms with Gasteiger partial charge >= 0.3 is 0 Å². The number of ether oxygens (including phenoxy) is 1. The fourth-order valence-corrected chi connectivity index (χ4v) is 3.90. The number of aromatic nitrogens is 1. The summed E-state index contributed by atoms with van der Waals surface area (Å²) >= 11 is 7.31. The number of halogens is 2. The summed E-state index contributed by atoms with van der Waals surface area (Å²) in [6.07, 6.45) is 3.08. The number of hydrogen-bond acceptors (Lipinski definition) is 5. The monoisotopic (exact) mass is 431 g/mol. The number of rotatable bonds is 5. The van der Waals surface area contributed by atoms with Crippen LogP contribution >= 0.6 is 22.9 Å². The Morgan fingerprint density at radius 3 is 2.62 bits per heavy atom. The second-order valence-electron chi connectivity index (χ2n) is 6.72. The zero-order chi connectivity index (χ0) is 20.2. The van der Waals surface area contributed by atoms with Gasteiger partial charge in [0, 0.05) is 48.2 Å². The molecule has 2 aromatic carbocycles. The van der Waals surface area contributed by atoms with E-state index >= 15 is 0 Å². The molecule has 150 valence electrons. The molecule has 1 aliphatic heterocycles. The van der Waals surface area contributed by atoms with Crippen LogP contribution in [0, 0.1) is 5.82 Å². The molecule has 1 fully saturated rings. The van der Waals surface area contributed by atoms with Crippen LogP contribution in [0.1, 0.15) is 23.2 Å². The molecule has 1 aromatic heterocycles. The SMILES string of the molecule is O=C(c1ccc(Nc2nccs2)cc1F)N1CCC(Oc2ccc(Cl)cc2)CC1. The first-order valence-corrected chi connectivity index (χ1v) is 10.5. The van der Waals surface area contributed by atoms with Crippen molar-refractivity contribution in [1.82, 2.24) is 9.88 Å². The minimum Gasteiger partial charge on any atom is -0.490 e. The highest BCUT2D eigenvalue weighted by Crippen LogP contribution is 2.24. The Kier molecular flexibility index (Phi) is 5.97. The van der Waals surface area contributed by atoms with Gasteiger partial charge in [0.05, 0.1) is 5.56 Å². The number of anilines is 2. The van der Waals surface area contributed by atoms with Gasteiger partial charge in [-0.25, -0.2) is 9.37 Å². The second-order valence-corrected chi connectivity index (χ2v) is 8.05. The Bertz CT molecular complexity index is 974. The van der Waals surface area contributed by atoms with Gasteiger partial charge in [-0.15, -0.1) is 11.3 Å². The predicted octanol–water partition coefficient (Wildman–Crippen LogP) is 5.36. The first-order valence-electron chi connectivity index (χ1n) is 9.26. The second kappa shape index (κ2) is 8.80. The topological polar surface area (TPSA) is 54.5 Å². The summed E-state index contributed by atoms with van der Waals surface area (Å²) in [4.78, 5) is 18.5. The zero-order valence-corrected chi connectivity index (χ0v) is 17.0. The van der Waals surface area contributed by atoms with Crippen LogP contribution in [0.2, 0.25) is 5.02 Å². The Balaban J connectivity index is 1.34.